The van der Waals surface area contributed by atoms with E-state index >= 15 is 0 Å². The second kappa shape index (κ2) is 6.79. The number of carbonyl (C=O) groups is 2. The van der Waals surface area contributed by atoms with Crippen molar-refractivity contribution in [3.8, 4) is 0 Å². The molecule has 0 aromatic rings. The van der Waals surface area contributed by atoms with Gasteiger partial charge in [0.25, 0.3) is 5.91 Å². The number of thioether (sulfide) groups is 1. The first-order valence-electron chi connectivity index (χ1n) is 6.50. The minimum absolute atomic E-state index is 0.0217. The van der Waals surface area contributed by atoms with Crippen LogP contribution in [0.3, 0.4) is 0 Å². The van der Waals surface area contributed by atoms with Crippen molar-refractivity contribution in [1.82, 2.24) is 5.32 Å². The molecule has 1 amide bonds. The maximum Gasteiger partial charge on any atom is 0.257 e. The molecule has 0 aromatic carbocycles. The molecule has 0 bridgehead atoms. The molecule has 110 valence electrons. The molecule has 5 heteroatoms. The van der Waals surface area contributed by atoms with Crippen LogP contribution in [-0.4, -0.2) is 28.9 Å². The van der Waals surface area contributed by atoms with Crippen molar-refractivity contribution in [3.05, 3.63) is 35.6 Å². The van der Waals surface area contributed by atoms with Gasteiger partial charge in [0, 0.05) is 12.1 Å². The van der Waals surface area contributed by atoms with Crippen LogP contribution in [0.25, 0.3) is 0 Å². The van der Waals surface area contributed by atoms with E-state index in [0.717, 1.165) is 5.57 Å². The van der Waals surface area contributed by atoms with Crippen LogP contribution in [0.4, 0.5) is 0 Å². The van der Waals surface area contributed by atoms with Crippen LogP contribution in [0.5, 0.6) is 0 Å². The quantitative estimate of drug-likeness (QED) is 0.765. The van der Waals surface area contributed by atoms with Crippen LogP contribution >= 0.6 is 11.8 Å². The van der Waals surface area contributed by atoms with Crippen molar-refractivity contribution in [1.29, 1.82) is 0 Å². The SMILES string of the molecule is C=C/C(C)=C/C1(C)SC(=O)C(C)=C1OCC(=O)NCC. The Kier molecular flexibility index (Phi) is 5.62. The molecule has 0 aromatic heterocycles. The van der Waals surface area contributed by atoms with Gasteiger partial charge in [0.05, 0.1) is 4.75 Å². The number of ether oxygens (including phenoxy) is 1. The monoisotopic (exact) mass is 295 g/mol. The molecule has 1 aliphatic heterocycles. The summed E-state index contributed by atoms with van der Waals surface area (Å²) in [6.45, 7) is 11.6. The molecule has 0 fully saturated rings. The minimum Gasteiger partial charge on any atom is -0.486 e. The number of amides is 1. The van der Waals surface area contributed by atoms with Crippen molar-refractivity contribution in [2.24, 2.45) is 0 Å². The summed E-state index contributed by atoms with van der Waals surface area (Å²) in [5.41, 5.74) is 1.52. The summed E-state index contributed by atoms with van der Waals surface area (Å²) in [7, 11) is 0. The number of hydrogen-bond donors (Lipinski definition) is 1. The fourth-order valence-electron chi connectivity index (χ4n) is 2.01. The fraction of sp³-hybridized carbons (Fsp3) is 0.467. The Balaban J connectivity index is 2.95. The van der Waals surface area contributed by atoms with Crippen LogP contribution < -0.4 is 5.32 Å². The molecule has 1 heterocycles. The van der Waals surface area contributed by atoms with Gasteiger partial charge in [-0.25, -0.2) is 0 Å². The average molecular weight is 295 g/mol. The number of rotatable bonds is 6. The third kappa shape index (κ3) is 3.76. The summed E-state index contributed by atoms with van der Waals surface area (Å²) in [6, 6.07) is 0. The number of nitrogens with one attached hydrogen (secondary N) is 1. The number of likely N-dealkylation sites (N-methyl/N-ethyl adjacent to an activating group) is 1. The highest BCUT2D eigenvalue weighted by Crippen LogP contribution is 2.45. The topological polar surface area (TPSA) is 55.4 Å². The first-order chi connectivity index (χ1) is 9.34. The molecule has 0 aliphatic carbocycles. The smallest absolute Gasteiger partial charge is 0.257 e. The predicted octanol–water partition coefficient (Wildman–Crippen LogP) is 2.58. The Morgan fingerprint density at radius 3 is 2.75 bits per heavy atom. The zero-order chi connectivity index (χ0) is 15.3. The first-order valence-corrected chi connectivity index (χ1v) is 7.31. The molecule has 0 radical (unpaired) electrons. The van der Waals surface area contributed by atoms with E-state index in [4.69, 9.17) is 4.74 Å². The maximum atomic E-state index is 11.9. The summed E-state index contributed by atoms with van der Waals surface area (Å²) in [6.07, 6.45) is 3.66. The van der Waals surface area contributed by atoms with Crippen LogP contribution in [0.2, 0.25) is 0 Å². The summed E-state index contributed by atoms with van der Waals surface area (Å²) in [5, 5.41) is 2.64. The zero-order valence-corrected chi connectivity index (χ0v) is 13.2. The Morgan fingerprint density at radius 1 is 1.55 bits per heavy atom. The highest BCUT2D eigenvalue weighted by Gasteiger charge is 2.41. The molecule has 1 unspecified atom stereocenters. The molecular weight excluding hydrogens is 274 g/mol. The molecule has 0 saturated carbocycles. The van der Waals surface area contributed by atoms with Crippen LogP contribution in [0.15, 0.2) is 35.6 Å². The predicted molar refractivity (Wildman–Crippen MR) is 82.3 cm³/mol. The highest BCUT2D eigenvalue weighted by atomic mass is 32.2. The lowest BCUT2D eigenvalue weighted by atomic mass is 10.0. The maximum absolute atomic E-state index is 11.9. The van der Waals surface area contributed by atoms with E-state index < -0.39 is 4.75 Å². The summed E-state index contributed by atoms with van der Waals surface area (Å²) in [4.78, 5) is 23.4. The Bertz CT molecular complexity index is 493. The van der Waals surface area contributed by atoms with Gasteiger partial charge in [0.15, 0.2) is 6.61 Å². The second-order valence-electron chi connectivity index (χ2n) is 4.79. The van der Waals surface area contributed by atoms with Gasteiger partial charge in [0.1, 0.15) is 5.76 Å². The third-order valence-electron chi connectivity index (χ3n) is 2.95. The van der Waals surface area contributed by atoms with E-state index in [1.807, 2.05) is 26.8 Å². The highest BCUT2D eigenvalue weighted by molar-refractivity contribution is 8.16. The lowest BCUT2D eigenvalue weighted by Gasteiger charge is -2.23. The summed E-state index contributed by atoms with van der Waals surface area (Å²) in [5.74, 6) is 0.365. The van der Waals surface area contributed by atoms with E-state index in [1.165, 1.54) is 11.8 Å². The van der Waals surface area contributed by atoms with Gasteiger partial charge in [-0.3, -0.25) is 9.59 Å². The number of carbonyl (C=O) groups excluding carboxylic acids is 2. The number of hydrogen-bond acceptors (Lipinski definition) is 4. The Hall–Kier alpha value is -1.49. The molecule has 1 rings (SSSR count). The lowest BCUT2D eigenvalue weighted by molar-refractivity contribution is -0.124. The summed E-state index contributed by atoms with van der Waals surface area (Å²) >= 11 is 1.20. The van der Waals surface area contributed by atoms with Crippen LogP contribution in [-0.2, 0) is 14.3 Å². The van der Waals surface area contributed by atoms with E-state index in [-0.39, 0.29) is 17.6 Å². The molecule has 0 saturated heterocycles. The number of allylic oxidation sites excluding steroid dienone is 2. The fourth-order valence-corrected chi connectivity index (χ4v) is 3.19. The molecule has 4 nitrogen and oxygen atoms in total. The average Bonchev–Trinajstić information content (AvgIpc) is 2.58. The Labute approximate surface area is 124 Å². The van der Waals surface area contributed by atoms with Crippen LogP contribution in [0.1, 0.15) is 27.7 Å². The molecule has 1 atom stereocenters. The van der Waals surface area contributed by atoms with Gasteiger partial charge in [-0.15, -0.1) is 0 Å². The van der Waals surface area contributed by atoms with E-state index in [1.54, 1.807) is 13.0 Å². The molecule has 1 aliphatic rings. The normalized spacial score (nSPS) is 23.0. The van der Waals surface area contributed by atoms with E-state index in [9.17, 15) is 9.59 Å². The minimum atomic E-state index is -0.577. The molecule has 1 N–H and O–H groups in total. The zero-order valence-electron chi connectivity index (χ0n) is 12.4. The van der Waals surface area contributed by atoms with Crippen molar-refractivity contribution in [2.45, 2.75) is 32.4 Å². The van der Waals surface area contributed by atoms with E-state index in [2.05, 4.69) is 11.9 Å². The van der Waals surface area contributed by atoms with Gasteiger partial charge < -0.3 is 10.1 Å². The largest absolute Gasteiger partial charge is 0.486 e. The lowest BCUT2D eigenvalue weighted by Crippen LogP contribution is -2.29. The van der Waals surface area contributed by atoms with Gasteiger partial charge in [-0.1, -0.05) is 36.1 Å². The van der Waals surface area contributed by atoms with Gasteiger partial charge >= 0.3 is 0 Å². The van der Waals surface area contributed by atoms with Gasteiger partial charge in [-0.2, -0.15) is 0 Å². The summed E-state index contributed by atoms with van der Waals surface area (Å²) < 4.78 is 5.03. The third-order valence-corrected chi connectivity index (χ3v) is 4.17. The van der Waals surface area contributed by atoms with Crippen LogP contribution in [0, 0.1) is 0 Å². The van der Waals surface area contributed by atoms with Crippen molar-refractivity contribution in [3.63, 3.8) is 0 Å². The second-order valence-corrected chi connectivity index (χ2v) is 6.21. The van der Waals surface area contributed by atoms with Crippen molar-refractivity contribution >= 4 is 22.8 Å². The first kappa shape index (κ1) is 16.6. The van der Waals surface area contributed by atoms with E-state index in [0.29, 0.717) is 17.9 Å². The Morgan fingerprint density at radius 2 is 2.20 bits per heavy atom. The molecule has 20 heavy (non-hydrogen) atoms. The van der Waals surface area contributed by atoms with Gasteiger partial charge in [0.2, 0.25) is 5.12 Å². The molecular formula is C15H21NO3S. The van der Waals surface area contributed by atoms with Crippen molar-refractivity contribution < 1.29 is 14.3 Å². The molecule has 0 spiro atoms. The van der Waals surface area contributed by atoms with Crippen molar-refractivity contribution in [2.75, 3.05) is 13.2 Å². The van der Waals surface area contributed by atoms with Gasteiger partial charge in [-0.05, 0) is 27.7 Å². The standard InChI is InChI=1S/C15H21NO3S/c1-6-10(3)8-15(5)13(11(4)14(18)20-15)19-9-12(17)16-7-2/h6,8H,1,7,9H2,2-5H3,(H,16,17)/b10-8+.